The number of anilines is 1. The Morgan fingerprint density at radius 3 is 3.06 bits per heavy atom. The predicted octanol–water partition coefficient (Wildman–Crippen LogP) is 1.24. The van der Waals surface area contributed by atoms with Gasteiger partial charge < -0.3 is 5.32 Å². The van der Waals surface area contributed by atoms with E-state index in [9.17, 15) is 0 Å². The number of hydrogen-bond acceptors (Lipinski definition) is 5. The normalized spacial score (nSPS) is 14.6. The third kappa shape index (κ3) is 3.40. The van der Waals surface area contributed by atoms with E-state index in [1.165, 1.54) is 12.8 Å². The van der Waals surface area contributed by atoms with E-state index in [0.29, 0.717) is 11.6 Å². The molecule has 2 rings (SSSR count). The van der Waals surface area contributed by atoms with Crippen LogP contribution in [-0.2, 0) is 0 Å². The molecule has 0 aliphatic heterocycles. The first-order chi connectivity index (χ1) is 8.33. The zero-order chi connectivity index (χ0) is 12.1. The summed E-state index contributed by atoms with van der Waals surface area (Å²) in [6.07, 6.45) is 4.26. The summed E-state index contributed by atoms with van der Waals surface area (Å²) in [6, 6.07) is 4.39. The highest BCUT2D eigenvalue weighted by Crippen LogP contribution is 2.25. The standard InChI is InChI=1S/C12H17N5/c1-2-17(11-3-4-11)8-7-15-12-14-6-5-10(9-13)16-12/h5-6,11H,2-4,7-8H2,1H3,(H,14,15,16). The van der Waals surface area contributed by atoms with E-state index >= 15 is 0 Å². The van der Waals surface area contributed by atoms with E-state index in [0.717, 1.165) is 25.7 Å². The van der Waals surface area contributed by atoms with Crippen LogP contribution in [0.1, 0.15) is 25.5 Å². The summed E-state index contributed by atoms with van der Waals surface area (Å²) in [5.74, 6) is 0.538. The van der Waals surface area contributed by atoms with Crippen molar-refractivity contribution in [1.82, 2.24) is 14.9 Å². The number of aromatic nitrogens is 2. The summed E-state index contributed by atoms with van der Waals surface area (Å²) in [5, 5.41) is 11.9. The van der Waals surface area contributed by atoms with Gasteiger partial charge in [0, 0.05) is 25.3 Å². The molecule has 1 N–H and O–H groups in total. The maximum Gasteiger partial charge on any atom is 0.223 e. The van der Waals surface area contributed by atoms with Gasteiger partial charge in [-0.2, -0.15) is 5.26 Å². The van der Waals surface area contributed by atoms with Crippen molar-refractivity contribution in [3.63, 3.8) is 0 Å². The van der Waals surface area contributed by atoms with E-state index in [1.807, 2.05) is 6.07 Å². The smallest absolute Gasteiger partial charge is 0.223 e. The molecule has 0 radical (unpaired) electrons. The minimum atomic E-state index is 0.400. The van der Waals surface area contributed by atoms with E-state index in [-0.39, 0.29) is 0 Å². The lowest BCUT2D eigenvalue weighted by Crippen LogP contribution is -2.31. The molecule has 1 aromatic rings. The van der Waals surface area contributed by atoms with Crippen LogP contribution >= 0.6 is 0 Å². The van der Waals surface area contributed by atoms with Gasteiger partial charge in [-0.3, -0.25) is 4.90 Å². The van der Waals surface area contributed by atoms with Crippen LogP contribution in [0.5, 0.6) is 0 Å². The number of nitrogens with one attached hydrogen (secondary N) is 1. The van der Waals surface area contributed by atoms with Crippen LogP contribution < -0.4 is 5.32 Å². The van der Waals surface area contributed by atoms with Crippen molar-refractivity contribution >= 4 is 5.95 Å². The molecule has 0 saturated heterocycles. The first kappa shape index (κ1) is 11.8. The van der Waals surface area contributed by atoms with Crippen molar-refractivity contribution in [3.05, 3.63) is 18.0 Å². The maximum absolute atomic E-state index is 8.72. The zero-order valence-electron chi connectivity index (χ0n) is 10.1. The van der Waals surface area contributed by atoms with Gasteiger partial charge in [0.2, 0.25) is 5.95 Å². The third-order valence-corrected chi connectivity index (χ3v) is 2.92. The Labute approximate surface area is 101 Å². The van der Waals surface area contributed by atoms with E-state index in [2.05, 4.69) is 27.1 Å². The van der Waals surface area contributed by atoms with Crippen molar-refractivity contribution < 1.29 is 0 Å². The summed E-state index contributed by atoms with van der Waals surface area (Å²) in [5.41, 5.74) is 0.400. The van der Waals surface area contributed by atoms with Gasteiger partial charge in [0.15, 0.2) is 0 Å². The monoisotopic (exact) mass is 231 g/mol. The summed E-state index contributed by atoms with van der Waals surface area (Å²) in [6.45, 7) is 5.09. The lowest BCUT2D eigenvalue weighted by atomic mass is 10.4. The zero-order valence-corrected chi connectivity index (χ0v) is 10.1. The molecule has 90 valence electrons. The molecule has 0 aromatic carbocycles. The number of hydrogen-bond donors (Lipinski definition) is 1. The Morgan fingerprint density at radius 1 is 1.59 bits per heavy atom. The average molecular weight is 231 g/mol. The fourth-order valence-electron chi connectivity index (χ4n) is 1.86. The molecule has 0 spiro atoms. The average Bonchev–Trinajstić information content (AvgIpc) is 3.19. The molecular formula is C12H17N5. The van der Waals surface area contributed by atoms with Gasteiger partial charge in [0.05, 0.1) is 0 Å². The highest BCUT2D eigenvalue weighted by atomic mass is 15.2. The van der Waals surface area contributed by atoms with E-state index in [1.54, 1.807) is 12.3 Å². The Hall–Kier alpha value is -1.67. The molecule has 0 amide bonds. The SMILES string of the molecule is CCN(CCNc1nccc(C#N)n1)C1CC1. The third-order valence-electron chi connectivity index (χ3n) is 2.92. The van der Waals surface area contributed by atoms with Crippen LogP contribution in [0.25, 0.3) is 0 Å². The van der Waals surface area contributed by atoms with Crippen molar-refractivity contribution in [2.24, 2.45) is 0 Å². The van der Waals surface area contributed by atoms with Crippen molar-refractivity contribution in [3.8, 4) is 6.07 Å². The summed E-state index contributed by atoms with van der Waals surface area (Å²) >= 11 is 0. The van der Waals surface area contributed by atoms with Crippen LogP contribution in [0.4, 0.5) is 5.95 Å². The van der Waals surface area contributed by atoms with Crippen LogP contribution in [-0.4, -0.2) is 40.5 Å². The minimum Gasteiger partial charge on any atom is -0.353 e. The second-order valence-electron chi connectivity index (χ2n) is 4.16. The number of likely N-dealkylation sites (N-methyl/N-ethyl adjacent to an activating group) is 1. The lowest BCUT2D eigenvalue weighted by Gasteiger charge is -2.19. The van der Waals surface area contributed by atoms with Gasteiger partial charge in [-0.1, -0.05) is 6.92 Å². The topological polar surface area (TPSA) is 64.8 Å². The summed E-state index contributed by atoms with van der Waals surface area (Å²) in [4.78, 5) is 10.6. The van der Waals surface area contributed by atoms with Gasteiger partial charge in [-0.15, -0.1) is 0 Å². The van der Waals surface area contributed by atoms with Crippen LogP contribution in [0.2, 0.25) is 0 Å². The molecular weight excluding hydrogens is 214 g/mol. The molecule has 1 saturated carbocycles. The Balaban J connectivity index is 1.79. The van der Waals surface area contributed by atoms with Gasteiger partial charge in [0.25, 0.3) is 0 Å². The molecule has 0 atom stereocenters. The second-order valence-corrected chi connectivity index (χ2v) is 4.16. The molecule has 0 unspecified atom stereocenters. The fraction of sp³-hybridized carbons (Fsp3) is 0.583. The van der Waals surface area contributed by atoms with E-state index in [4.69, 9.17) is 5.26 Å². The highest BCUT2D eigenvalue weighted by molar-refractivity contribution is 5.29. The number of nitriles is 1. The van der Waals surface area contributed by atoms with Gasteiger partial charge in [-0.25, -0.2) is 9.97 Å². The van der Waals surface area contributed by atoms with Gasteiger partial charge in [-0.05, 0) is 25.5 Å². The van der Waals surface area contributed by atoms with Gasteiger partial charge >= 0.3 is 0 Å². The molecule has 1 aliphatic rings. The Bertz CT molecular complexity index is 408. The summed E-state index contributed by atoms with van der Waals surface area (Å²) in [7, 11) is 0. The predicted molar refractivity (Wildman–Crippen MR) is 65.5 cm³/mol. The van der Waals surface area contributed by atoms with Crippen LogP contribution in [0.15, 0.2) is 12.3 Å². The number of rotatable bonds is 6. The molecule has 1 fully saturated rings. The largest absolute Gasteiger partial charge is 0.353 e. The first-order valence-corrected chi connectivity index (χ1v) is 6.04. The Morgan fingerprint density at radius 2 is 2.41 bits per heavy atom. The van der Waals surface area contributed by atoms with Crippen molar-refractivity contribution in [1.29, 1.82) is 5.26 Å². The molecule has 1 heterocycles. The molecule has 0 bridgehead atoms. The summed E-state index contributed by atoms with van der Waals surface area (Å²) < 4.78 is 0. The highest BCUT2D eigenvalue weighted by Gasteiger charge is 2.27. The molecule has 5 heteroatoms. The lowest BCUT2D eigenvalue weighted by molar-refractivity contribution is 0.289. The first-order valence-electron chi connectivity index (χ1n) is 6.04. The van der Waals surface area contributed by atoms with Crippen molar-refractivity contribution in [2.75, 3.05) is 25.0 Å². The Kier molecular flexibility index (Phi) is 3.89. The fourth-order valence-corrected chi connectivity index (χ4v) is 1.86. The molecule has 17 heavy (non-hydrogen) atoms. The maximum atomic E-state index is 8.72. The van der Waals surface area contributed by atoms with Crippen molar-refractivity contribution in [2.45, 2.75) is 25.8 Å². The molecule has 1 aromatic heterocycles. The molecule has 1 aliphatic carbocycles. The van der Waals surface area contributed by atoms with Crippen LogP contribution in [0.3, 0.4) is 0 Å². The van der Waals surface area contributed by atoms with Gasteiger partial charge in [0.1, 0.15) is 11.8 Å². The number of nitrogens with zero attached hydrogens (tertiary/aromatic N) is 4. The molecule has 5 nitrogen and oxygen atoms in total. The van der Waals surface area contributed by atoms with E-state index < -0.39 is 0 Å². The second kappa shape index (κ2) is 5.60. The van der Waals surface area contributed by atoms with Crippen LogP contribution in [0, 0.1) is 11.3 Å². The quantitative estimate of drug-likeness (QED) is 0.798. The minimum absolute atomic E-state index is 0.400.